The molecule has 0 radical (unpaired) electrons. The highest BCUT2D eigenvalue weighted by Crippen LogP contribution is 2.30. The molecule has 1 aromatic rings. The molecule has 110 valence electrons. The molecule has 0 atom stereocenters. The molecule has 1 rings (SSSR count). The first-order chi connectivity index (χ1) is 8.78. The Bertz CT molecular complexity index is 401. The first-order valence-electron chi connectivity index (χ1n) is 6.30. The van der Waals surface area contributed by atoms with E-state index >= 15 is 0 Å². The fourth-order valence-electron chi connectivity index (χ4n) is 1.75. The van der Waals surface area contributed by atoms with Gasteiger partial charge in [0.1, 0.15) is 6.54 Å². The van der Waals surface area contributed by atoms with Crippen LogP contribution in [0.1, 0.15) is 37.8 Å². The largest absolute Gasteiger partial charge is 0.406 e. The van der Waals surface area contributed by atoms with Crippen molar-refractivity contribution in [3.05, 3.63) is 10.6 Å². The number of anilines is 1. The van der Waals surface area contributed by atoms with Crippen molar-refractivity contribution in [2.45, 2.75) is 52.4 Å². The molecule has 7 heteroatoms. The molecule has 0 aromatic carbocycles. The minimum Gasteiger partial charge on any atom is -0.337 e. The van der Waals surface area contributed by atoms with Crippen LogP contribution in [0.5, 0.6) is 0 Å². The number of aromatic nitrogens is 1. The summed E-state index contributed by atoms with van der Waals surface area (Å²) in [6.07, 6.45) is -2.58. The van der Waals surface area contributed by atoms with Gasteiger partial charge in [-0.2, -0.15) is 13.2 Å². The molecule has 0 aliphatic heterocycles. The molecule has 0 amide bonds. The molecule has 1 aromatic heterocycles. The molecule has 0 aliphatic carbocycles. The third-order valence-electron chi connectivity index (χ3n) is 2.66. The lowest BCUT2D eigenvalue weighted by molar-refractivity contribution is -0.120. The van der Waals surface area contributed by atoms with Crippen LogP contribution in [-0.2, 0) is 13.0 Å². The fraction of sp³-hybridized carbons (Fsp3) is 0.750. The lowest BCUT2D eigenvalue weighted by Gasteiger charge is -2.27. The van der Waals surface area contributed by atoms with E-state index in [1.54, 1.807) is 13.8 Å². The van der Waals surface area contributed by atoms with E-state index in [9.17, 15) is 13.2 Å². The van der Waals surface area contributed by atoms with Gasteiger partial charge in [0.05, 0.1) is 5.69 Å². The molecule has 2 N–H and O–H groups in total. The Kier molecular flexibility index (Phi) is 5.61. The van der Waals surface area contributed by atoms with Gasteiger partial charge in [-0.3, -0.25) is 0 Å². The van der Waals surface area contributed by atoms with Gasteiger partial charge in [-0.25, -0.2) is 4.98 Å². The van der Waals surface area contributed by atoms with Gasteiger partial charge in [0.25, 0.3) is 0 Å². The van der Waals surface area contributed by atoms with Crippen LogP contribution in [0.3, 0.4) is 0 Å². The Morgan fingerprint density at radius 1 is 1.37 bits per heavy atom. The highest BCUT2D eigenvalue weighted by atomic mass is 32.1. The van der Waals surface area contributed by atoms with Gasteiger partial charge in [-0.05, 0) is 20.3 Å². The van der Waals surface area contributed by atoms with Crippen LogP contribution in [0.15, 0.2) is 0 Å². The Labute approximate surface area is 115 Å². The van der Waals surface area contributed by atoms with Crippen LogP contribution in [0.2, 0.25) is 0 Å². The van der Waals surface area contributed by atoms with E-state index in [1.807, 2.05) is 6.92 Å². The van der Waals surface area contributed by atoms with Gasteiger partial charge in [-0.1, -0.05) is 13.3 Å². The Balaban J connectivity index is 3.02. The van der Waals surface area contributed by atoms with Crippen molar-refractivity contribution < 1.29 is 13.2 Å². The van der Waals surface area contributed by atoms with E-state index in [0.717, 1.165) is 23.4 Å². The molecule has 0 spiro atoms. The maximum Gasteiger partial charge on any atom is 0.406 e. The summed E-state index contributed by atoms with van der Waals surface area (Å²) in [5.41, 5.74) is 6.46. The van der Waals surface area contributed by atoms with Gasteiger partial charge in [0.15, 0.2) is 5.13 Å². The zero-order chi connectivity index (χ0) is 14.6. The Morgan fingerprint density at radius 2 is 2.00 bits per heavy atom. The van der Waals surface area contributed by atoms with Crippen LogP contribution in [0.25, 0.3) is 0 Å². The van der Waals surface area contributed by atoms with Crippen molar-refractivity contribution in [2.24, 2.45) is 5.73 Å². The van der Waals surface area contributed by atoms with E-state index in [1.165, 1.54) is 16.2 Å². The number of hydrogen-bond donors (Lipinski definition) is 1. The van der Waals surface area contributed by atoms with Gasteiger partial charge in [0.2, 0.25) is 0 Å². The Morgan fingerprint density at radius 3 is 2.42 bits per heavy atom. The van der Waals surface area contributed by atoms with Gasteiger partial charge in [-0.15, -0.1) is 11.3 Å². The number of aryl methyl sites for hydroxylation is 1. The summed E-state index contributed by atoms with van der Waals surface area (Å²) in [4.78, 5) is 6.50. The second kappa shape index (κ2) is 6.56. The number of hydrogen-bond acceptors (Lipinski definition) is 4. The monoisotopic (exact) mass is 295 g/mol. The van der Waals surface area contributed by atoms with Gasteiger partial charge in [0, 0.05) is 17.5 Å². The molecule has 3 nitrogen and oxygen atoms in total. The normalized spacial score (nSPS) is 12.2. The predicted molar refractivity (Wildman–Crippen MR) is 72.5 cm³/mol. The van der Waals surface area contributed by atoms with Crippen molar-refractivity contribution >= 4 is 16.5 Å². The van der Waals surface area contributed by atoms with E-state index in [-0.39, 0.29) is 6.04 Å². The lowest BCUT2D eigenvalue weighted by Crippen LogP contribution is -2.39. The van der Waals surface area contributed by atoms with Crippen molar-refractivity contribution in [3.8, 4) is 0 Å². The number of thiazole rings is 1. The average Bonchev–Trinajstić information content (AvgIpc) is 2.68. The molecular weight excluding hydrogens is 275 g/mol. The van der Waals surface area contributed by atoms with Gasteiger partial charge >= 0.3 is 6.18 Å². The Hall–Kier alpha value is -0.820. The maximum atomic E-state index is 12.6. The average molecular weight is 295 g/mol. The quantitative estimate of drug-likeness (QED) is 0.875. The molecule has 0 fully saturated rings. The summed E-state index contributed by atoms with van der Waals surface area (Å²) in [7, 11) is 0. The summed E-state index contributed by atoms with van der Waals surface area (Å²) in [5, 5.41) is 0.413. The van der Waals surface area contributed by atoms with E-state index in [2.05, 4.69) is 4.98 Å². The summed E-state index contributed by atoms with van der Waals surface area (Å²) < 4.78 is 37.8. The van der Waals surface area contributed by atoms with Crippen molar-refractivity contribution in [1.29, 1.82) is 0 Å². The van der Waals surface area contributed by atoms with Crippen LogP contribution in [0, 0.1) is 0 Å². The molecule has 0 unspecified atom stereocenters. The number of halogens is 3. The summed E-state index contributed by atoms with van der Waals surface area (Å²) >= 11 is 1.27. The summed E-state index contributed by atoms with van der Waals surface area (Å²) in [6, 6.07) is -0.257. The highest BCUT2D eigenvalue weighted by molar-refractivity contribution is 7.15. The topological polar surface area (TPSA) is 42.2 Å². The number of rotatable bonds is 6. The van der Waals surface area contributed by atoms with Crippen LogP contribution >= 0.6 is 11.3 Å². The second-order valence-electron chi connectivity index (χ2n) is 4.66. The number of nitrogens with zero attached hydrogens (tertiary/aromatic N) is 2. The molecular formula is C12H20F3N3S. The first kappa shape index (κ1) is 16.2. The van der Waals surface area contributed by atoms with E-state index in [0.29, 0.717) is 11.7 Å². The van der Waals surface area contributed by atoms with Crippen molar-refractivity contribution in [3.63, 3.8) is 0 Å². The number of nitrogens with two attached hydrogens (primary N) is 1. The molecule has 0 saturated heterocycles. The van der Waals surface area contributed by atoms with Crippen LogP contribution in [-0.4, -0.2) is 23.7 Å². The summed E-state index contributed by atoms with van der Waals surface area (Å²) in [6.45, 7) is 4.82. The first-order valence-corrected chi connectivity index (χ1v) is 7.12. The zero-order valence-corrected chi connectivity index (χ0v) is 12.2. The van der Waals surface area contributed by atoms with Crippen LogP contribution in [0.4, 0.5) is 18.3 Å². The van der Waals surface area contributed by atoms with E-state index in [4.69, 9.17) is 5.73 Å². The maximum absolute atomic E-state index is 12.6. The minimum atomic E-state index is -4.23. The van der Waals surface area contributed by atoms with Gasteiger partial charge < -0.3 is 10.6 Å². The highest BCUT2D eigenvalue weighted by Gasteiger charge is 2.33. The summed E-state index contributed by atoms with van der Waals surface area (Å²) in [5.74, 6) is 0. The molecule has 0 aliphatic rings. The SMILES string of the molecule is CCCc1nc(N(CC(F)(F)F)C(C)C)sc1CN. The van der Waals surface area contributed by atoms with Crippen molar-refractivity contribution in [2.75, 3.05) is 11.4 Å². The standard InChI is InChI=1S/C12H20F3N3S/c1-4-5-9-10(6-16)19-11(17-9)18(8(2)3)7-12(13,14)15/h8H,4-7,16H2,1-3H3. The third kappa shape index (κ3) is 4.65. The third-order valence-corrected chi connectivity index (χ3v) is 3.81. The number of alkyl halides is 3. The molecule has 0 saturated carbocycles. The molecule has 0 bridgehead atoms. The van der Waals surface area contributed by atoms with E-state index < -0.39 is 12.7 Å². The predicted octanol–water partition coefficient (Wildman–Crippen LogP) is 3.33. The van der Waals surface area contributed by atoms with Crippen molar-refractivity contribution in [1.82, 2.24) is 4.98 Å². The molecule has 1 heterocycles. The zero-order valence-electron chi connectivity index (χ0n) is 11.4. The fourth-order valence-corrected chi connectivity index (χ4v) is 2.87. The second-order valence-corrected chi connectivity index (χ2v) is 5.72. The minimum absolute atomic E-state index is 0.257. The van der Waals surface area contributed by atoms with Crippen LogP contribution < -0.4 is 10.6 Å². The molecule has 19 heavy (non-hydrogen) atoms. The lowest BCUT2D eigenvalue weighted by atomic mass is 10.2. The smallest absolute Gasteiger partial charge is 0.337 e.